The Hall–Kier alpha value is -1.56. The van der Waals surface area contributed by atoms with Crippen molar-refractivity contribution in [3.05, 3.63) is 36.0 Å². The van der Waals surface area contributed by atoms with Gasteiger partial charge in [0.2, 0.25) is 0 Å². The van der Waals surface area contributed by atoms with Gasteiger partial charge < -0.3 is 11.1 Å². The number of carbonyl (C=O) groups is 1. The van der Waals surface area contributed by atoms with Crippen LogP contribution in [-0.2, 0) is 4.79 Å². The minimum Gasteiger partial charge on any atom is -0.344 e. The third kappa shape index (κ3) is 5.91. The van der Waals surface area contributed by atoms with Gasteiger partial charge in [-0.05, 0) is 18.1 Å². The maximum Gasteiger partial charge on any atom is 0.471 e. The number of nitrogens with one attached hydrogen (secondary N) is 1. The molecule has 0 heterocycles. The zero-order chi connectivity index (χ0) is 13.5. The molecule has 0 aromatic rings. The van der Waals surface area contributed by atoms with Crippen LogP contribution in [0.25, 0.3) is 0 Å². The van der Waals surface area contributed by atoms with Gasteiger partial charge >= 0.3 is 12.1 Å². The number of nitrogens with two attached hydrogens (primary N) is 1. The Morgan fingerprint density at radius 3 is 2.35 bits per heavy atom. The Balaban J connectivity index is 4.51. The van der Waals surface area contributed by atoms with Gasteiger partial charge in [-0.25, -0.2) is 0 Å². The number of halogens is 3. The second-order valence-electron chi connectivity index (χ2n) is 3.17. The molecule has 0 aliphatic carbocycles. The Kier molecular flexibility index (Phi) is 6.27. The van der Waals surface area contributed by atoms with Crippen LogP contribution in [0.15, 0.2) is 36.0 Å². The fraction of sp³-hybridized carbons (Fsp3) is 0.364. The molecule has 17 heavy (non-hydrogen) atoms. The molecular formula is C11H15F3N2O. The highest BCUT2D eigenvalue weighted by Crippen LogP contribution is 2.14. The molecule has 96 valence electrons. The van der Waals surface area contributed by atoms with Crippen LogP contribution < -0.4 is 11.1 Å². The van der Waals surface area contributed by atoms with Gasteiger partial charge in [-0.3, -0.25) is 4.79 Å². The van der Waals surface area contributed by atoms with E-state index in [0.717, 1.165) is 0 Å². The standard InChI is InChI=1S/C11H15F3N2O/c1-3-8(6-15)5-9(4-2)7-16-10(17)11(12,13)14/h3-5H,1,6-7,15H2,2H3,(H,16,17)/b8-5+,9-4+. The maximum atomic E-state index is 11.9. The minimum atomic E-state index is -4.86. The molecule has 0 spiro atoms. The van der Waals surface area contributed by atoms with E-state index < -0.39 is 12.1 Å². The zero-order valence-electron chi connectivity index (χ0n) is 9.47. The van der Waals surface area contributed by atoms with E-state index in [9.17, 15) is 18.0 Å². The predicted octanol–water partition coefficient (Wildman–Crippen LogP) is 1.68. The van der Waals surface area contributed by atoms with E-state index in [2.05, 4.69) is 6.58 Å². The van der Waals surface area contributed by atoms with Gasteiger partial charge in [0.15, 0.2) is 0 Å². The summed E-state index contributed by atoms with van der Waals surface area (Å²) in [6, 6.07) is 0. The third-order valence-corrected chi connectivity index (χ3v) is 1.95. The summed E-state index contributed by atoms with van der Waals surface area (Å²) in [5.41, 5.74) is 6.59. The average molecular weight is 248 g/mol. The van der Waals surface area contributed by atoms with Crippen molar-refractivity contribution in [2.75, 3.05) is 13.1 Å². The van der Waals surface area contributed by atoms with Crippen LogP contribution in [0.5, 0.6) is 0 Å². The van der Waals surface area contributed by atoms with Crippen LogP contribution >= 0.6 is 0 Å². The van der Waals surface area contributed by atoms with Crippen molar-refractivity contribution < 1.29 is 18.0 Å². The molecule has 0 unspecified atom stereocenters. The summed E-state index contributed by atoms with van der Waals surface area (Å²) in [5.74, 6) is -1.96. The fourth-order valence-corrected chi connectivity index (χ4v) is 0.958. The summed E-state index contributed by atoms with van der Waals surface area (Å²) >= 11 is 0. The Morgan fingerprint density at radius 2 is 2.00 bits per heavy atom. The van der Waals surface area contributed by atoms with Crippen LogP contribution in [0.4, 0.5) is 13.2 Å². The SMILES string of the molecule is C=C/C(=C\C(=C/C)CNC(=O)C(F)(F)F)CN. The Labute approximate surface area is 97.9 Å². The summed E-state index contributed by atoms with van der Waals surface area (Å²) in [6.07, 6.45) is -0.174. The molecule has 3 nitrogen and oxygen atoms in total. The van der Waals surface area contributed by atoms with Gasteiger partial charge in [0.05, 0.1) is 0 Å². The molecule has 0 aromatic carbocycles. The van der Waals surface area contributed by atoms with Crippen molar-refractivity contribution in [3.63, 3.8) is 0 Å². The lowest BCUT2D eigenvalue weighted by atomic mass is 10.1. The number of carbonyl (C=O) groups excluding carboxylic acids is 1. The zero-order valence-corrected chi connectivity index (χ0v) is 9.47. The lowest BCUT2D eigenvalue weighted by Crippen LogP contribution is -2.37. The number of amides is 1. The van der Waals surface area contributed by atoms with E-state index >= 15 is 0 Å². The summed E-state index contributed by atoms with van der Waals surface area (Å²) in [7, 11) is 0. The molecule has 1 amide bonds. The highest BCUT2D eigenvalue weighted by atomic mass is 19.4. The van der Waals surface area contributed by atoms with Crippen LogP contribution in [-0.4, -0.2) is 25.2 Å². The minimum absolute atomic E-state index is 0.202. The number of hydrogen-bond donors (Lipinski definition) is 2. The molecule has 0 saturated heterocycles. The smallest absolute Gasteiger partial charge is 0.344 e. The second-order valence-corrected chi connectivity index (χ2v) is 3.17. The van der Waals surface area contributed by atoms with Crippen molar-refractivity contribution >= 4 is 5.91 Å². The summed E-state index contributed by atoms with van der Waals surface area (Å²) in [6.45, 7) is 5.19. The molecule has 0 aliphatic heterocycles. The van der Waals surface area contributed by atoms with Crippen molar-refractivity contribution in [2.45, 2.75) is 13.1 Å². The predicted molar refractivity (Wildman–Crippen MR) is 60.2 cm³/mol. The first kappa shape index (κ1) is 15.4. The van der Waals surface area contributed by atoms with E-state index in [0.29, 0.717) is 11.1 Å². The first-order valence-electron chi connectivity index (χ1n) is 4.88. The average Bonchev–Trinajstić information content (AvgIpc) is 2.28. The quantitative estimate of drug-likeness (QED) is 0.727. The van der Waals surface area contributed by atoms with E-state index in [1.165, 1.54) is 6.08 Å². The molecule has 0 aromatic heterocycles. The van der Waals surface area contributed by atoms with Crippen LogP contribution in [0.3, 0.4) is 0 Å². The topological polar surface area (TPSA) is 55.1 Å². The molecular weight excluding hydrogens is 233 g/mol. The molecule has 6 heteroatoms. The summed E-state index contributed by atoms with van der Waals surface area (Å²) < 4.78 is 35.7. The largest absolute Gasteiger partial charge is 0.471 e. The third-order valence-electron chi connectivity index (χ3n) is 1.95. The highest BCUT2D eigenvalue weighted by Gasteiger charge is 2.38. The second kappa shape index (κ2) is 6.90. The first-order chi connectivity index (χ1) is 7.85. The van der Waals surface area contributed by atoms with Crippen molar-refractivity contribution in [2.24, 2.45) is 5.73 Å². The normalized spacial score (nSPS) is 13.5. The Morgan fingerprint density at radius 1 is 1.41 bits per heavy atom. The molecule has 0 bridgehead atoms. The maximum absolute atomic E-state index is 11.9. The van der Waals surface area contributed by atoms with E-state index in [1.807, 2.05) is 0 Å². The number of alkyl halides is 3. The fourth-order valence-electron chi connectivity index (χ4n) is 0.958. The molecule has 0 fully saturated rings. The van der Waals surface area contributed by atoms with Crippen molar-refractivity contribution in [1.29, 1.82) is 0 Å². The van der Waals surface area contributed by atoms with Crippen molar-refractivity contribution in [3.8, 4) is 0 Å². The lowest BCUT2D eigenvalue weighted by molar-refractivity contribution is -0.173. The molecule has 0 rings (SSSR count). The van der Waals surface area contributed by atoms with Crippen LogP contribution in [0.2, 0.25) is 0 Å². The molecule has 3 N–H and O–H groups in total. The van der Waals surface area contributed by atoms with Crippen LogP contribution in [0.1, 0.15) is 6.92 Å². The first-order valence-corrected chi connectivity index (χ1v) is 4.88. The summed E-state index contributed by atoms with van der Waals surface area (Å²) in [5, 5.41) is 1.78. The van der Waals surface area contributed by atoms with Gasteiger partial charge in [-0.2, -0.15) is 13.2 Å². The van der Waals surface area contributed by atoms with E-state index in [-0.39, 0.29) is 13.1 Å². The molecule has 0 atom stereocenters. The lowest BCUT2D eigenvalue weighted by Gasteiger charge is -2.09. The highest BCUT2D eigenvalue weighted by molar-refractivity contribution is 5.81. The number of hydrogen-bond acceptors (Lipinski definition) is 2. The molecule has 0 aliphatic rings. The van der Waals surface area contributed by atoms with Gasteiger partial charge in [0.1, 0.15) is 0 Å². The van der Waals surface area contributed by atoms with Crippen molar-refractivity contribution in [1.82, 2.24) is 5.32 Å². The van der Waals surface area contributed by atoms with Crippen LogP contribution in [0, 0.1) is 0 Å². The number of rotatable bonds is 5. The van der Waals surface area contributed by atoms with Gasteiger partial charge in [0.25, 0.3) is 0 Å². The van der Waals surface area contributed by atoms with Gasteiger partial charge in [-0.15, -0.1) is 0 Å². The monoisotopic (exact) mass is 248 g/mol. The Bertz CT molecular complexity index is 343. The molecule has 0 radical (unpaired) electrons. The molecule has 0 saturated carbocycles. The van der Waals surface area contributed by atoms with E-state index in [1.54, 1.807) is 24.4 Å². The van der Waals surface area contributed by atoms with Gasteiger partial charge in [0, 0.05) is 13.1 Å². The van der Waals surface area contributed by atoms with Gasteiger partial charge in [-0.1, -0.05) is 24.8 Å². The number of allylic oxidation sites excluding steroid dienone is 1. The summed E-state index contributed by atoms with van der Waals surface area (Å²) in [4.78, 5) is 10.6. The van der Waals surface area contributed by atoms with E-state index in [4.69, 9.17) is 5.73 Å².